The normalized spacial score (nSPS) is 20.0. The van der Waals surface area contributed by atoms with Gasteiger partial charge in [0.05, 0.1) is 19.6 Å². The van der Waals surface area contributed by atoms with Crippen molar-refractivity contribution in [1.29, 1.82) is 0 Å². The standard InChI is InChI=1S/C29H38N2O5S/c1-21(2)10-9-13-25-14-15-28-26(16-25)36-27(22(3)18-31(23(4)20-32)37(28,34)35)19-30(5)29(33)17-24-11-7-6-8-12-24/h6-8,11-12,14-16,21-23,27,32H,10,17-20H2,1-5H3/t22-,23-,27-/m1/s1. The number of hydrogen-bond acceptors (Lipinski definition) is 5. The summed E-state index contributed by atoms with van der Waals surface area (Å²) in [4.78, 5) is 14.6. The first kappa shape index (κ1) is 28.7. The SMILES string of the molecule is CC(C)CC#Cc1ccc2c(c1)O[C@H](CN(C)C(=O)Cc1ccccc1)[C@H](C)CN([C@H](C)CO)S2(=O)=O. The van der Waals surface area contributed by atoms with Crippen molar-refractivity contribution >= 4 is 15.9 Å². The second-order valence-electron chi connectivity index (χ2n) is 10.2. The van der Waals surface area contributed by atoms with Gasteiger partial charge >= 0.3 is 0 Å². The van der Waals surface area contributed by atoms with Gasteiger partial charge in [-0.3, -0.25) is 4.79 Å². The van der Waals surface area contributed by atoms with E-state index in [1.54, 1.807) is 31.0 Å². The van der Waals surface area contributed by atoms with E-state index < -0.39 is 22.2 Å². The highest BCUT2D eigenvalue weighted by Gasteiger charge is 2.38. The fourth-order valence-electron chi connectivity index (χ4n) is 4.16. The summed E-state index contributed by atoms with van der Waals surface area (Å²) < 4.78 is 34.9. The van der Waals surface area contributed by atoms with Crippen molar-refractivity contribution in [2.45, 2.75) is 57.6 Å². The molecule has 37 heavy (non-hydrogen) atoms. The van der Waals surface area contributed by atoms with Crippen molar-refractivity contribution in [3.63, 3.8) is 0 Å². The Morgan fingerprint density at radius 2 is 1.89 bits per heavy atom. The lowest BCUT2D eigenvalue weighted by Gasteiger charge is -2.37. The van der Waals surface area contributed by atoms with Gasteiger partial charge in [0.2, 0.25) is 15.9 Å². The number of aliphatic hydroxyl groups is 1. The van der Waals surface area contributed by atoms with Gasteiger partial charge in [-0.05, 0) is 36.6 Å². The zero-order chi connectivity index (χ0) is 27.2. The van der Waals surface area contributed by atoms with Gasteiger partial charge in [0.25, 0.3) is 0 Å². The number of carbonyl (C=O) groups excluding carboxylic acids is 1. The Balaban J connectivity index is 1.95. The number of ether oxygens (including phenoxy) is 1. The van der Waals surface area contributed by atoms with E-state index in [0.29, 0.717) is 11.5 Å². The predicted molar refractivity (Wildman–Crippen MR) is 145 cm³/mol. The summed E-state index contributed by atoms with van der Waals surface area (Å²) in [5.41, 5.74) is 1.59. The molecule has 0 spiro atoms. The van der Waals surface area contributed by atoms with Crippen LogP contribution >= 0.6 is 0 Å². The van der Waals surface area contributed by atoms with Gasteiger partial charge in [0.1, 0.15) is 16.7 Å². The van der Waals surface area contributed by atoms with Gasteiger partial charge in [0.15, 0.2) is 0 Å². The third-order valence-corrected chi connectivity index (χ3v) is 8.51. The van der Waals surface area contributed by atoms with Crippen LogP contribution < -0.4 is 4.74 Å². The smallest absolute Gasteiger partial charge is 0.247 e. The molecule has 0 aromatic heterocycles. The summed E-state index contributed by atoms with van der Waals surface area (Å²) in [6.45, 7) is 7.91. The third-order valence-electron chi connectivity index (χ3n) is 6.49. The summed E-state index contributed by atoms with van der Waals surface area (Å²) in [7, 11) is -2.19. The molecule has 3 rings (SSSR count). The molecule has 7 nitrogen and oxygen atoms in total. The fraction of sp³-hybridized carbons (Fsp3) is 0.483. The quantitative estimate of drug-likeness (QED) is 0.558. The lowest BCUT2D eigenvalue weighted by atomic mass is 10.0. The molecule has 1 N–H and O–H groups in total. The molecule has 0 aliphatic carbocycles. The molecular formula is C29H38N2O5S. The lowest BCUT2D eigenvalue weighted by molar-refractivity contribution is -0.130. The van der Waals surface area contributed by atoms with Crippen LogP contribution in [0.3, 0.4) is 0 Å². The van der Waals surface area contributed by atoms with Crippen LogP contribution in [-0.4, -0.2) is 67.5 Å². The van der Waals surface area contributed by atoms with E-state index in [-0.39, 0.29) is 48.6 Å². The fourth-order valence-corrected chi connectivity index (χ4v) is 5.98. The van der Waals surface area contributed by atoms with Gasteiger partial charge in [-0.25, -0.2) is 8.42 Å². The van der Waals surface area contributed by atoms with E-state index in [0.717, 1.165) is 12.0 Å². The summed E-state index contributed by atoms with van der Waals surface area (Å²) in [6.07, 6.45) is 0.532. The van der Waals surface area contributed by atoms with Crippen LogP contribution in [0.25, 0.3) is 0 Å². The molecule has 0 fully saturated rings. The van der Waals surface area contributed by atoms with Crippen LogP contribution in [0.4, 0.5) is 0 Å². The number of carbonyl (C=O) groups is 1. The first-order valence-electron chi connectivity index (χ1n) is 12.7. The number of hydrogen-bond donors (Lipinski definition) is 1. The molecule has 3 atom stereocenters. The van der Waals surface area contributed by atoms with Crippen LogP contribution in [-0.2, 0) is 21.2 Å². The molecule has 2 aromatic rings. The van der Waals surface area contributed by atoms with Crippen molar-refractivity contribution in [3.05, 3.63) is 59.7 Å². The number of likely N-dealkylation sites (N-methyl/N-ethyl adjacent to an activating group) is 1. The number of benzene rings is 2. The maximum Gasteiger partial charge on any atom is 0.247 e. The van der Waals surface area contributed by atoms with Gasteiger partial charge in [-0.2, -0.15) is 4.31 Å². The van der Waals surface area contributed by atoms with Gasteiger partial charge in [-0.15, -0.1) is 0 Å². The Hall–Kier alpha value is -2.86. The zero-order valence-corrected chi connectivity index (χ0v) is 23.2. The van der Waals surface area contributed by atoms with Gasteiger partial charge < -0.3 is 14.7 Å². The Morgan fingerprint density at radius 3 is 2.54 bits per heavy atom. The van der Waals surface area contributed by atoms with Crippen LogP contribution in [0, 0.1) is 23.7 Å². The van der Waals surface area contributed by atoms with E-state index in [1.165, 1.54) is 10.4 Å². The minimum absolute atomic E-state index is 0.0392. The van der Waals surface area contributed by atoms with Gasteiger partial charge in [0, 0.05) is 37.5 Å². The van der Waals surface area contributed by atoms with E-state index in [2.05, 4.69) is 25.7 Å². The van der Waals surface area contributed by atoms with E-state index in [1.807, 2.05) is 37.3 Å². The Labute approximate surface area is 221 Å². The summed E-state index contributed by atoms with van der Waals surface area (Å²) in [5, 5.41) is 9.82. The van der Waals surface area contributed by atoms with Crippen molar-refractivity contribution in [2.24, 2.45) is 11.8 Å². The van der Waals surface area contributed by atoms with Crippen LogP contribution in [0.5, 0.6) is 5.75 Å². The van der Waals surface area contributed by atoms with Crippen LogP contribution in [0.15, 0.2) is 53.4 Å². The average Bonchev–Trinajstić information content (AvgIpc) is 2.86. The van der Waals surface area contributed by atoms with E-state index >= 15 is 0 Å². The molecule has 0 bridgehead atoms. The maximum atomic E-state index is 13.6. The van der Waals surface area contributed by atoms with Crippen molar-refractivity contribution in [2.75, 3.05) is 26.7 Å². The molecule has 1 heterocycles. The van der Waals surface area contributed by atoms with Gasteiger partial charge in [-0.1, -0.05) is 62.9 Å². The van der Waals surface area contributed by atoms with Crippen LogP contribution in [0.1, 0.15) is 45.2 Å². The van der Waals surface area contributed by atoms with Crippen molar-refractivity contribution in [1.82, 2.24) is 9.21 Å². The topological polar surface area (TPSA) is 87.2 Å². The number of aliphatic hydroxyl groups excluding tert-OH is 1. The Bertz CT molecular complexity index is 1230. The van der Waals surface area contributed by atoms with Crippen molar-refractivity contribution < 1.29 is 23.1 Å². The number of sulfonamides is 1. The molecule has 0 radical (unpaired) electrons. The molecule has 1 amide bonds. The number of rotatable bonds is 7. The number of amides is 1. The molecule has 1 aliphatic heterocycles. The average molecular weight is 527 g/mol. The van der Waals surface area contributed by atoms with Crippen molar-refractivity contribution in [3.8, 4) is 17.6 Å². The number of nitrogens with zero attached hydrogens (tertiary/aromatic N) is 2. The highest BCUT2D eigenvalue weighted by Crippen LogP contribution is 2.34. The molecule has 2 aromatic carbocycles. The monoisotopic (exact) mass is 526 g/mol. The summed E-state index contributed by atoms with van der Waals surface area (Å²) in [5.74, 6) is 6.58. The Kier molecular flexibility index (Phi) is 9.77. The molecule has 8 heteroatoms. The largest absolute Gasteiger partial charge is 0.487 e. The minimum atomic E-state index is -3.93. The third kappa shape index (κ3) is 7.35. The van der Waals surface area contributed by atoms with Crippen LogP contribution in [0.2, 0.25) is 0 Å². The summed E-state index contributed by atoms with van der Waals surface area (Å²) in [6, 6.07) is 13.8. The lowest BCUT2D eigenvalue weighted by Crippen LogP contribution is -2.50. The zero-order valence-electron chi connectivity index (χ0n) is 22.3. The molecule has 0 saturated carbocycles. The molecular weight excluding hydrogens is 488 g/mol. The summed E-state index contributed by atoms with van der Waals surface area (Å²) >= 11 is 0. The molecule has 0 unspecified atom stereocenters. The predicted octanol–water partition coefficient (Wildman–Crippen LogP) is 3.55. The van der Waals surface area contributed by atoms with E-state index in [4.69, 9.17) is 4.74 Å². The Morgan fingerprint density at radius 1 is 1.19 bits per heavy atom. The maximum absolute atomic E-state index is 13.6. The first-order valence-corrected chi connectivity index (χ1v) is 14.2. The molecule has 0 saturated heterocycles. The first-order chi connectivity index (χ1) is 17.5. The minimum Gasteiger partial charge on any atom is -0.487 e. The molecule has 200 valence electrons. The van der Waals surface area contributed by atoms with E-state index in [9.17, 15) is 18.3 Å². The second-order valence-corrected chi connectivity index (χ2v) is 12.1. The number of fused-ring (bicyclic) bond motifs is 1. The molecule has 1 aliphatic rings. The highest BCUT2D eigenvalue weighted by molar-refractivity contribution is 7.89. The highest BCUT2D eigenvalue weighted by atomic mass is 32.2. The second kappa shape index (κ2) is 12.6.